The number of nitrogens with zero attached hydrogens (tertiary/aromatic N) is 3. The van der Waals surface area contributed by atoms with Gasteiger partial charge in [0.25, 0.3) is 5.56 Å². The van der Waals surface area contributed by atoms with Crippen LogP contribution in [0.15, 0.2) is 32.9 Å². The third-order valence-corrected chi connectivity index (χ3v) is 4.85. The number of ether oxygens (including phenoxy) is 2. The summed E-state index contributed by atoms with van der Waals surface area (Å²) in [6.45, 7) is 1.70. The molecular weight excluding hydrogens is 380 g/mol. The first-order valence-electron chi connectivity index (χ1n) is 8.96. The van der Waals surface area contributed by atoms with Crippen molar-refractivity contribution in [2.75, 3.05) is 14.2 Å². The summed E-state index contributed by atoms with van der Waals surface area (Å²) in [7, 11) is 4.36. The van der Waals surface area contributed by atoms with Crippen molar-refractivity contribution in [3.63, 3.8) is 0 Å². The minimum absolute atomic E-state index is 0.143. The summed E-state index contributed by atoms with van der Waals surface area (Å²) in [6.07, 6.45) is 0.352. The molecule has 10 nitrogen and oxygen atoms in total. The lowest BCUT2D eigenvalue weighted by Gasteiger charge is -2.23. The van der Waals surface area contributed by atoms with Crippen molar-refractivity contribution in [1.82, 2.24) is 14.6 Å². The predicted molar refractivity (Wildman–Crippen MR) is 105 cm³/mol. The van der Waals surface area contributed by atoms with E-state index in [1.54, 1.807) is 25.1 Å². The molecule has 1 aliphatic rings. The lowest BCUT2D eigenvalue weighted by atomic mass is 9.98. The van der Waals surface area contributed by atoms with Crippen molar-refractivity contribution in [3.05, 3.63) is 50.2 Å². The number of amides is 1. The Balaban J connectivity index is 2.12. The van der Waals surface area contributed by atoms with Crippen LogP contribution in [0.4, 0.5) is 0 Å². The van der Waals surface area contributed by atoms with E-state index in [-0.39, 0.29) is 30.0 Å². The van der Waals surface area contributed by atoms with Crippen molar-refractivity contribution in [2.24, 2.45) is 12.1 Å². The fourth-order valence-corrected chi connectivity index (χ4v) is 3.26. The number of carbonyl (C=O) groups is 1. The maximum Gasteiger partial charge on any atom is 0.330 e. The van der Waals surface area contributed by atoms with Gasteiger partial charge in [-0.3, -0.25) is 19.1 Å². The van der Waals surface area contributed by atoms with E-state index < -0.39 is 23.2 Å². The fraction of sp³-hybridized carbons (Fsp3) is 0.368. The monoisotopic (exact) mass is 402 g/mol. The quantitative estimate of drug-likeness (QED) is 0.765. The predicted octanol–water partition coefficient (Wildman–Crippen LogP) is 0.884. The van der Waals surface area contributed by atoms with Gasteiger partial charge in [-0.05, 0) is 12.1 Å². The molecule has 0 aliphatic carbocycles. The zero-order chi connectivity index (χ0) is 21.3. The van der Waals surface area contributed by atoms with Crippen LogP contribution in [0.5, 0.6) is 17.4 Å². The first-order chi connectivity index (χ1) is 13.8. The largest absolute Gasteiger partial charge is 0.497 e. The molecule has 2 heterocycles. The van der Waals surface area contributed by atoms with Gasteiger partial charge in [0.2, 0.25) is 11.8 Å². The molecule has 0 radical (unpaired) electrons. The summed E-state index contributed by atoms with van der Waals surface area (Å²) in [6, 6.07) is 4.65. The summed E-state index contributed by atoms with van der Waals surface area (Å²) >= 11 is 0. The van der Waals surface area contributed by atoms with Gasteiger partial charge in [0.15, 0.2) is 0 Å². The van der Waals surface area contributed by atoms with Gasteiger partial charge in [-0.25, -0.2) is 9.80 Å². The topological polar surface area (TPSA) is 126 Å². The number of aromatic hydroxyl groups is 1. The highest BCUT2D eigenvalue weighted by Crippen LogP contribution is 2.39. The van der Waals surface area contributed by atoms with E-state index in [2.05, 4.69) is 10.1 Å². The van der Waals surface area contributed by atoms with Crippen LogP contribution < -0.4 is 20.7 Å². The van der Waals surface area contributed by atoms with Crippen molar-refractivity contribution in [3.8, 4) is 17.4 Å². The van der Waals surface area contributed by atoms with E-state index in [0.29, 0.717) is 17.1 Å². The Hall–Kier alpha value is -3.56. The fourth-order valence-electron chi connectivity index (χ4n) is 3.26. The van der Waals surface area contributed by atoms with Gasteiger partial charge >= 0.3 is 5.69 Å². The van der Waals surface area contributed by atoms with E-state index >= 15 is 0 Å². The number of nitrogens with one attached hydrogen (secondary N) is 1. The third-order valence-electron chi connectivity index (χ3n) is 4.85. The number of aromatic amines is 1. The third kappa shape index (κ3) is 3.48. The van der Waals surface area contributed by atoms with Crippen LogP contribution in [-0.2, 0) is 11.8 Å². The van der Waals surface area contributed by atoms with E-state index in [4.69, 9.17) is 9.47 Å². The summed E-state index contributed by atoms with van der Waals surface area (Å²) in [5.74, 6) is 0.316. The SMILES string of the molecule is CCC(=O)N1N=C(c2c(O)n(C)c(=O)[nH]c2=O)C[C@H]1c1ccc(OC)cc1OC. The molecule has 1 atom stereocenters. The number of methoxy groups -OCH3 is 2. The van der Waals surface area contributed by atoms with Crippen molar-refractivity contribution >= 4 is 11.6 Å². The van der Waals surface area contributed by atoms with Gasteiger partial charge in [0, 0.05) is 31.5 Å². The average Bonchev–Trinajstić information content (AvgIpc) is 3.15. The summed E-state index contributed by atoms with van der Waals surface area (Å²) in [5, 5.41) is 15.9. The lowest BCUT2D eigenvalue weighted by molar-refractivity contribution is -0.132. The molecule has 0 bridgehead atoms. The summed E-state index contributed by atoms with van der Waals surface area (Å²) in [4.78, 5) is 38.7. The molecule has 2 aromatic rings. The van der Waals surface area contributed by atoms with E-state index in [1.807, 2.05) is 0 Å². The molecule has 0 unspecified atom stereocenters. The second kappa shape index (κ2) is 7.82. The zero-order valence-corrected chi connectivity index (χ0v) is 16.6. The van der Waals surface area contributed by atoms with Crippen LogP contribution in [0, 0.1) is 0 Å². The lowest BCUT2D eigenvalue weighted by Crippen LogP contribution is -2.32. The normalized spacial score (nSPS) is 15.9. The molecule has 1 amide bonds. The minimum Gasteiger partial charge on any atom is -0.497 e. The first-order valence-corrected chi connectivity index (χ1v) is 8.96. The number of hydrazone groups is 1. The van der Waals surface area contributed by atoms with Crippen LogP contribution in [-0.4, -0.2) is 45.5 Å². The molecule has 0 fully saturated rings. The van der Waals surface area contributed by atoms with Crippen LogP contribution in [0.1, 0.15) is 36.9 Å². The second-order valence-electron chi connectivity index (χ2n) is 6.48. The highest BCUT2D eigenvalue weighted by atomic mass is 16.5. The van der Waals surface area contributed by atoms with Crippen LogP contribution in [0.25, 0.3) is 0 Å². The Morgan fingerprint density at radius 1 is 1.31 bits per heavy atom. The molecule has 10 heteroatoms. The van der Waals surface area contributed by atoms with Gasteiger partial charge in [-0.15, -0.1) is 0 Å². The molecule has 29 heavy (non-hydrogen) atoms. The van der Waals surface area contributed by atoms with E-state index in [1.165, 1.54) is 26.3 Å². The molecular formula is C19H22N4O6. The molecule has 2 N–H and O–H groups in total. The molecule has 3 rings (SSSR count). The van der Waals surface area contributed by atoms with Gasteiger partial charge in [0.1, 0.15) is 17.1 Å². The maximum atomic E-state index is 12.5. The second-order valence-corrected chi connectivity index (χ2v) is 6.48. The number of H-pyrrole nitrogens is 1. The van der Waals surface area contributed by atoms with Crippen LogP contribution >= 0.6 is 0 Å². The number of aromatic nitrogens is 2. The summed E-state index contributed by atoms with van der Waals surface area (Å²) < 4.78 is 11.6. The maximum absolute atomic E-state index is 12.5. The van der Waals surface area contributed by atoms with Crippen LogP contribution in [0.3, 0.4) is 0 Å². The van der Waals surface area contributed by atoms with Crippen LogP contribution in [0.2, 0.25) is 0 Å². The number of rotatable bonds is 5. The van der Waals surface area contributed by atoms with Gasteiger partial charge < -0.3 is 14.6 Å². The van der Waals surface area contributed by atoms with Crippen molar-refractivity contribution in [1.29, 1.82) is 0 Å². The smallest absolute Gasteiger partial charge is 0.330 e. The summed E-state index contributed by atoms with van der Waals surface area (Å²) in [5.41, 5.74) is -0.783. The zero-order valence-electron chi connectivity index (χ0n) is 16.6. The number of hydrogen-bond acceptors (Lipinski definition) is 7. The van der Waals surface area contributed by atoms with Crippen molar-refractivity contribution < 1.29 is 19.4 Å². The molecule has 154 valence electrons. The Morgan fingerprint density at radius 2 is 2.03 bits per heavy atom. The van der Waals surface area contributed by atoms with E-state index in [0.717, 1.165) is 4.57 Å². The first kappa shape index (κ1) is 20.2. The van der Waals surface area contributed by atoms with E-state index in [9.17, 15) is 19.5 Å². The Bertz CT molecular complexity index is 1100. The number of carbonyl (C=O) groups excluding carboxylic acids is 1. The minimum atomic E-state index is -0.768. The molecule has 1 aromatic carbocycles. The molecule has 1 aliphatic heterocycles. The highest BCUT2D eigenvalue weighted by molar-refractivity contribution is 6.04. The number of benzene rings is 1. The Morgan fingerprint density at radius 3 is 2.66 bits per heavy atom. The number of hydrogen-bond donors (Lipinski definition) is 2. The molecule has 0 spiro atoms. The average molecular weight is 402 g/mol. The Labute approximate surface area is 166 Å². The van der Waals surface area contributed by atoms with Gasteiger partial charge in [-0.1, -0.05) is 6.92 Å². The standard InChI is InChI=1S/C19H22N4O6/c1-5-15(24)23-13(11-7-6-10(28-3)8-14(11)29-4)9-12(21-23)16-17(25)20-19(27)22(2)18(16)26/h6-8,13,26H,5,9H2,1-4H3,(H,20,25,27)/t13-/m0/s1. The molecule has 1 aromatic heterocycles. The molecule has 0 saturated carbocycles. The molecule has 0 saturated heterocycles. The highest BCUT2D eigenvalue weighted by Gasteiger charge is 2.36. The van der Waals surface area contributed by atoms with Gasteiger partial charge in [0.05, 0.1) is 26.0 Å². The Kier molecular flexibility index (Phi) is 5.44. The van der Waals surface area contributed by atoms with Crippen molar-refractivity contribution in [2.45, 2.75) is 25.8 Å². The van der Waals surface area contributed by atoms with Gasteiger partial charge in [-0.2, -0.15) is 5.10 Å².